The van der Waals surface area contributed by atoms with Crippen molar-refractivity contribution in [2.75, 3.05) is 6.61 Å². The Morgan fingerprint density at radius 2 is 1.80 bits per heavy atom. The van der Waals surface area contributed by atoms with E-state index < -0.39 is 34.2 Å². The molecule has 2 aliphatic carbocycles. The van der Waals surface area contributed by atoms with Gasteiger partial charge in [-0.15, -0.1) is 0 Å². The number of rotatable bonds is 5. The Labute approximate surface area is 181 Å². The number of nitrogens with zero attached hydrogens (tertiary/aromatic N) is 1. The Morgan fingerprint density at radius 1 is 1.20 bits per heavy atom. The number of sulfonamides is 1. The highest BCUT2D eigenvalue weighted by molar-refractivity contribution is 7.94. The standard InChI is InChI=1S/C21H24ClNO6S/c1-20(2)14-9-10-15(20)18-17(14)19(25)23(30(18,26)27)21(3,4)29-16(24)11-28-13-7-5-12(22)6-8-13/h5-8,14-15H,9-11H2,1-4H3. The molecule has 0 spiro atoms. The number of allylic oxidation sites excluding steroid dienone is 1. The van der Waals surface area contributed by atoms with Crippen molar-refractivity contribution in [3.63, 3.8) is 0 Å². The monoisotopic (exact) mass is 453 g/mol. The highest BCUT2D eigenvalue weighted by Gasteiger charge is 2.65. The number of benzene rings is 1. The average molecular weight is 454 g/mol. The highest BCUT2D eigenvalue weighted by atomic mass is 35.5. The summed E-state index contributed by atoms with van der Waals surface area (Å²) in [5, 5.41) is 0.529. The molecule has 1 saturated carbocycles. The molecule has 162 valence electrons. The molecule has 2 bridgehead atoms. The fourth-order valence-corrected chi connectivity index (χ4v) is 7.66. The Hall–Kier alpha value is -2.06. The molecule has 1 heterocycles. The third-order valence-corrected chi connectivity index (χ3v) is 8.83. The summed E-state index contributed by atoms with van der Waals surface area (Å²) in [4.78, 5) is 25.7. The molecule has 1 aliphatic heterocycles. The van der Waals surface area contributed by atoms with E-state index in [1.54, 1.807) is 24.3 Å². The van der Waals surface area contributed by atoms with Crippen molar-refractivity contribution >= 4 is 33.5 Å². The van der Waals surface area contributed by atoms with Crippen LogP contribution in [0, 0.1) is 17.3 Å². The lowest BCUT2D eigenvalue weighted by atomic mass is 9.79. The van der Waals surface area contributed by atoms with Crippen LogP contribution in [-0.2, 0) is 24.3 Å². The van der Waals surface area contributed by atoms with Gasteiger partial charge in [-0.1, -0.05) is 25.4 Å². The summed E-state index contributed by atoms with van der Waals surface area (Å²) in [7, 11) is -4.06. The van der Waals surface area contributed by atoms with Gasteiger partial charge in [0, 0.05) is 16.5 Å². The van der Waals surface area contributed by atoms with Crippen molar-refractivity contribution in [2.24, 2.45) is 17.3 Å². The smallest absolute Gasteiger partial charge is 0.346 e. The van der Waals surface area contributed by atoms with Crippen molar-refractivity contribution < 1.29 is 27.5 Å². The largest absolute Gasteiger partial charge is 0.482 e. The number of hydrogen-bond acceptors (Lipinski definition) is 6. The number of esters is 1. The molecule has 30 heavy (non-hydrogen) atoms. The Bertz CT molecular complexity index is 1060. The molecule has 2 unspecified atom stereocenters. The molecule has 1 amide bonds. The van der Waals surface area contributed by atoms with Crippen molar-refractivity contribution in [1.82, 2.24) is 4.31 Å². The van der Waals surface area contributed by atoms with Gasteiger partial charge in [0.25, 0.3) is 15.9 Å². The van der Waals surface area contributed by atoms with Crippen LogP contribution in [0.3, 0.4) is 0 Å². The van der Waals surface area contributed by atoms with Crippen LogP contribution in [0.2, 0.25) is 5.02 Å². The normalized spacial score (nSPS) is 26.2. The van der Waals surface area contributed by atoms with E-state index in [1.165, 1.54) is 13.8 Å². The third kappa shape index (κ3) is 3.03. The van der Waals surface area contributed by atoms with E-state index in [1.807, 2.05) is 13.8 Å². The summed E-state index contributed by atoms with van der Waals surface area (Å²) >= 11 is 5.81. The second kappa shape index (κ2) is 6.72. The van der Waals surface area contributed by atoms with Gasteiger partial charge in [0.1, 0.15) is 5.75 Å². The number of hydrogen-bond donors (Lipinski definition) is 0. The van der Waals surface area contributed by atoms with Gasteiger partial charge in [-0.3, -0.25) is 4.79 Å². The summed E-state index contributed by atoms with van der Waals surface area (Å²) in [6.45, 7) is 6.40. The molecular weight excluding hydrogens is 430 g/mol. The number of carbonyl (C=O) groups is 2. The van der Waals surface area contributed by atoms with Gasteiger partial charge in [-0.2, -0.15) is 4.31 Å². The Balaban J connectivity index is 1.50. The van der Waals surface area contributed by atoms with Crippen molar-refractivity contribution in [3.05, 3.63) is 39.8 Å². The van der Waals surface area contributed by atoms with Crippen molar-refractivity contribution in [3.8, 4) is 5.75 Å². The fraction of sp³-hybridized carbons (Fsp3) is 0.524. The summed E-state index contributed by atoms with van der Waals surface area (Å²) in [6, 6.07) is 6.43. The zero-order chi connectivity index (χ0) is 22.1. The first-order valence-corrected chi connectivity index (χ1v) is 11.6. The lowest BCUT2D eigenvalue weighted by Crippen LogP contribution is -2.52. The van der Waals surface area contributed by atoms with Crippen molar-refractivity contribution in [2.45, 2.75) is 46.3 Å². The number of amides is 1. The van der Waals surface area contributed by atoms with Crippen molar-refractivity contribution in [1.29, 1.82) is 0 Å². The summed E-state index contributed by atoms with van der Waals surface area (Å²) in [5.74, 6) is -1.23. The van der Waals surface area contributed by atoms with Crippen LogP contribution in [0.25, 0.3) is 0 Å². The van der Waals surface area contributed by atoms with E-state index >= 15 is 0 Å². The maximum absolute atomic E-state index is 13.3. The minimum atomic E-state index is -4.06. The number of halogens is 1. The fourth-order valence-electron chi connectivity index (χ4n) is 5.11. The highest BCUT2D eigenvalue weighted by Crippen LogP contribution is 2.64. The quantitative estimate of drug-likeness (QED) is 0.634. The summed E-state index contributed by atoms with van der Waals surface area (Å²) < 4.78 is 38.1. The zero-order valence-corrected chi connectivity index (χ0v) is 18.8. The molecular formula is C21H24ClNO6S. The van der Waals surface area contributed by atoms with E-state index in [0.29, 0.717) is 16.3 Å². The van der Waals surface area contributed by atoms with Crippen LogP contribution in [0.5, 0.6) is 5.75 Å². The van der Waals surface area contributed by atoms with E-state index in [0.717, 1.165) is 17.1 Å². The molecule has 3 aliphatic rings. The molecule has 0 saturated heterocycles. The lowest BCUT2D eigenvalue weighted by molar-refractivity contribution is -0.172. The third-order valence-electron chi connectivity index (χ3n) is 6.43. The van der Waals surface area contributed by atoms with Gasteiger partial charge < -0.3 is 9.47 Å². The maximum atomic E-state index is 13.3. The van der Waals surface area contributed by atoms with Crippen LogP contribution >= 0.6 is 11.6 Å². The number of fused-ring (bicyclic) bond motifs is 4. The molecule has 0 aromatic heterocycles. The topological polar surface area (TPSA) is 90.0 Å². The lowest BCUT2D eigenvalue weighted by Gasteiger charge is -2.36. The summed E-state index contributed by atoms with van der Waals surface area (Å²) in [5.41, 5.74) is -1.56. The van der Waals surface area contributed by atoms with E-state index in [-0.39, 0.29) is 22.2 Å². The molecule has 0 radical (unpaired) electrons. The second-order valence-corrected chi connectivity index (χ2v) is 11.2. The molecule has 2 atom stereocenters. The molecule has 1 fully saturated rings. The van der Waals surface area contributed by atoms with Gasteiger partial charge in [-0.05, 0) is 62.3 Å². The van der Waals surface area contributed by atoms with Gasteiger partial charge in [0.15, 0.2) is 12.3 Å². The maximum Gasteiger partial charge on any atom is 0.346 e. The molecule has 9 heteroatoms. The summed E-state index contributed by atoms with van der Waals surface area (Å²) in [6.07, 6.45) is 1.53. The van der Waals surface area contributed by atoms with Crippen LogP contribution in [0.4, 0.5) is 0 Å². The number of ether oxygens (including phenoxy) is 2. The Kier molecular flexibility index (Phi) is 4.74. The predicted octanol–water partition coefficient (Wildman–Crippen LogP) is 3.49. The SMILES string of the molecule is CC1(C)C2CCC1C1=C2C(=O)N(C(C)(C)OC(=O)COc2ccc(Cl)cc2)S1(=O)=O. The molecule has 4 rings (SSSR count). The van der Waals surface area contributed by atoms with Gasteiger partial charge in [0.05, 0.1) is 4.91 Å². The van der Waals surface area contributed by atoms with E-state index in [2.05, 4.69) is 0 Å². The van der Waals surface area contributed by atoms with Gasteiger partial charge in [0.2, 0.25) is 0 Å². The zero-order valence-electron chi connectivity index (χ0n) is 17.3. The van der Waals surface area contributed by atoms with Crippen LogP contribution in [0.15, 0.2) is 34.7 Å². The molecule has 1 aromatic carbocycles. The van der Waals surface area contributed by atoms with Crippen LogP contribution < -0.4 is 4.74 Å². The van der Waals surface area contributed by atoms with E-state index in [9.17, 15) is 18.0 Å². The average Bonchev–Trinajstić information content (AvgIpc) is 3.14. The number of carbonyl (C=O) groups excluding carboxylic acids is 2. The van der Waals surface area contributed by atoms with E-state index in [4.69, 9.17) is 21.1 Å². The molecule has 1 aromatic rings. The van der Waals surface area contributed by atoms with Crippen LogP contribution in [-0.4, -0.2) is 36.9 Å². The minimum absolute atomic E-state index is 0.0930. The van der Waals surface area contributed by atoms with Gasteiger partial charge >= 0.3 is 5.97 Å². The molecule has 7 nitrogen and oxygen atoms in total. The van der Waals surface area contributed by atoms with Gasteiger partial charge in [-0.25, -0.2) is 13.2 Å². The minimum Gasteiger partial charge on any atom is -0.482 e. The molecule has 0 N–H and O–H groups in total. The first-order valence-electron chi connectivity index (χ1n) is 9.81. The predicted molar refractivity (Wildman–Crippen MR) is 110 cm³/mol. The second-order valence-electron chi connectivity index (χ2n) is 9.02. The first-order chi connectivity index (χ1) is 13.9. The Morgan fingerprint density at radius 3 is 2.40 bits per heavy atom. The first kappa shape index (κ1) is 21.2. The van der Waals surface area contributed by atoms with Crippen LogP contribution in [0.1, 0.15) is 40.5 Å².